The molecule has 0 bridgehead atoms. The third-order valence-corrected chi connectivity index (χ3v) is 7.44. The number of benzene rings is 2. The largest absolute Gasteiger partial charge is 0.481 e. The van der Waals surface area contributed by atoms with Gasteiger partial charge in [-0.2, -0.15) is 0 Å². The van der Waals surface area contributed by atoms with Gasteiger partial charge in [0.2, 0.25) is 11.8 Å². The summed E-state index contributed by atoms with van der Waals surface area (Å²) in [6.07, 6.45) is 4.96. The standard InChI is InChI=1S/C30H27N3O6/c34-23(35)18-30(29(38)39)25-24(27(36)33(28(25)37)17-15-22-8-4-5-16-31-22)26(32-30)21-13-11-20(12-14-21)10-9-19-6-2-1-3-7-19/h1-14,16,24-26,32H,15,17-18H2,(H,34,35)(H,38,39). The van der Waals surface area contributed by atoms with Crippen LogP contribution in [-0.4, -0.2) is 55.9 Å². The number of likely N-dealkylation sites (tertiary alicyclic amines) is 1. The van der Waals surface area contributed by atoms with E-state index in [-0.39, 0.29) is 6.54 Å². The first-order chi connectivity index (χ1) is 18.8. The van der Waals surface area contributed by atoms with Gasteiger partial charge in [-0.15, -0.1) is 0 Å². The molecule has 3 aromatic rings. The van der Waals surface area contributed by atoms with Crippen molar-refractivity contribution in [1.29, 1.82) is 0 Å². The van der Waals surface area contributed by atoms with Gasteiger partial charge in [-0.25, -0.2) is 0 Å². The molecule has 4 atom stereocenters. The normalized spacial score (nSPS) is 24.3. The molecule has 9 heteroatoms. The molecule has 3 heterocycles. The molecule has 0 radical (unpaired) electrons. The lowest BCUT2D eigenvalue weighted by atomic mass is 9.77. The number of pyridine rings is 1. The summed E-state index contributed by atoms with van der Waals surface area (Å²) in [6.45, 7) is 0.0282. The lowest BCUT2D eigenvalue weighted by Crippen LogP contribution is -2.57. The number of hydrogen-bond donors (Lipinski definition) is 3. The lowest BCUT2D eigenvalue weighted by molar-refractivity contribution is -0.156. The third-order valence-electron chi connectivity index (χ3n) is 7.44. The molecule has 0 saturated carbocycles. The van der Waals surface area contributed by atoms with Crippen LogP contribution >= 0.6 is 0 Å². The molecule has 1 aromatic heterocycles. The predicted molar refractivity (Wildman–Crippen MR) is 142 cm³/mol. The number of imide groups is 1. The highest BCUT2D eigenvalue weighted by Gasteiger charge is 2.68. The van der Waals surface area contributed by atoms with Crippen molar-refractivity contribution < 1.29 is 29.4 Å². The number of aromatic nitrogens is 1. The summed E-state index contributed by atoms with van der Waals surface area (Å²) in [7, 11) is 0. The molecular formula is C30H27N3O6. The first kappa shape index (κ1) is 26.0. The van der Waals surface area contributed by atoms with Crippen molar-refractivity contribution in [3.05, 3.63) is 101 Å². The third kappa shape index (κ3) is 4.96. The van der Waals surface area contributed by atoms with Crippen LogP contribution in [-0.2, 0) is 25.6 Å². The van der Waals surface area contributed by atoms with Gasteiger partial charge in [0.25, 0.3) is 0 Å². The van der Waals surface area contributed by atoms with E-state index in [1.54, 1.807) is 36.5 Å². The molecule has 198 valence electrons. The Labute approximate surface area is 224 Å². The van der Waals surface area contributed by atoms with Gasteiger partial charge in [0, 0.05) is 30.9 Å². The van der Waals surface area contributed by atoms with Crippen molar-refractivity contribution in [2.45, 2.75) is 24.4 Å². The molecule has 2 saturated heterocycles. The molecule has 2 amide bonds. The van der Waals surface area contributed by atoms with Crippen LogP contribution < -0.4 is 5.32 Å². The fourth-order valence-electron chi connectivity index (χ4n) is 5.59. The Morgan fingerprint density at radius 3 is 2.18 bits per heavy atom. The maximum Gasteiger partial charge on any atom is 0.325 e. The van der Waals surface area contributed by atoms with E-state index in [1.165, 1.54) is 0 Å². The second-order valence-electron chi connectivity index (χ2n) is 9.78. The van der Waals surface area contributed by atoms with E-state index in [0.29, 0.717) is 17.7 Å². The van der Waals surface area contributed by atoms with Crippen LogP contribution in [0.15, 0.2) is 79.0 Å². The number of nitrogens with one attached hydrogen (secondary N) is 1. The van der Waals surface area contributed by atoms with Gasteiger partial charge in [0.15, 0.2) is 0 Å². The first-order valence-corrected chi connectivity index (χ1v) is 12.6. The zero-order valence-electron chi connectivity index (χ0n) is 20.9. The molecule has 0 spiro atoms. The summed E-state index contributed by atoms with van der Waals surface area (Å²) in [5.74, 6) is -6.45. The van der Waals surface area contributed by atoms with E-state index in [4.69, 9.17) is 0 Å². The van der Waals surface area contributed by atoms with Crippen LogP contribution in [0.2, 0.25) is 0 Å². The highest BCUT2D eigenvalue weighted by molar-refractivity contribution is 6.10. The number of carbonyl (C=O) groups excluding carboxylic acids is 2. The summed E-state index contributed by atoms with van der Waals surface area (Å²) in [6, 6.07) is 21.5. The first-order valence-electron chi connectivity index (χ1n) is 12.6. The Morgan fingerprint density at radius 2 is 1.56 bits per heavy atom. The van der Waals surface area contributed by atoms with Crippen molar-refractivity contribution in [3.8, 4) is 0 Å². The number of carboxylic acid groups (broad SMARTS) is 2. The predicted octanol–water partition coefficient (Wildman–Crippen LogP) is 3.04. The molecule has 39 heavy (non-hydrogen) atoms. The minimum atomic E-state index is -2.13. The van der Waals surface area contributed by atoms with E-state index in [1.807, 2.05) is 54.6 Å². The fourth-order valence-corrected chi connectivity index (χ4v) is 5.59. The van der Waals surface area contributed by atoms with E-state index >= 15 is 0 Å². The van der Waals surface area contributed by atoms with Crippen molar-refractivity contribution in [1.82, 2.24) is 15.2 Å². The number of carbonyl (C=O) groups is 4. The molecule has 0 aliphatic carbocycles. The molecule has 5 rings (SSSR count). The van der Waals surface area contributed by atoms with E-state index in [9.17, 15) is 29.4 Å². The van der Waals surface area contributed by atoms with Crippen LogP contribution in [0.1, 0.15) is 34.8 Å². The summed E-state index contributed by atoms with van der Waals surface area (Å²) in [5, 5.41) is 22.7. The van der Waals surface area contributed by atoms with Crippen molar-refractivity contribution >= 4 is 35.9 Å². The zero-order valence-corrected chi connectivity index (χ0v) is 20.9. The van der Waals surface area contributed by atoms with Crippen molar-refractivity contribution in [3.63, 3.8) is 0 Å². The summed E-state index contributed by atoms with van der Waals surface area (Å²) >= 11 is 0. The quantitative estimate of drug-likeness (QED) is 0.286. The zero-order chi connectivity index (χ0) is 27.6. The second kappa shape index (κ2) is 10.6. The fraction of sp³-hybridized carbons (Fsp3) is 0.233. The minimum Gasteiger partial charge on any atom is -0.481 e. The maximum atomic E-state index is 13.6. The number of aliphatic carboxylic acids is 2. The van der Waals surface area contributed by atoms with Gasteiger partial charge >= 0.3 is 11.9 Å². The average molecular weight is 526 g/mol. The lowest BCUT2D eigenvalue weighted by Gasteiger charge is -2.29. The van der Waals surface area contributed by atoms with Crippen LogP contribution in [0.3, 0.4) is 0 Å². The molecule has 2 aliphatic heterocycles. The van der Waals surface area contributed by atoms with Crippen molar-refractivity contribution in [2.75, 3.05) is 6.54 Å². The summed E-state index contributed by atoms with van der Waals surface area (Å²) < 4.78 is 0. The van der Waals surface area contributed by atoms with E-state index in [0.717, 1.165) is 16.0 Å². The van der Waals surface area contributed by atoms with Crippen LogP contribution in [0.25, 0.3) is 12.2 Å². The monoisotopic (exact) mass is 525 g/mol. The molecule has 2 aliphatic rings. The highest BCUT2D eigenvalue weighted by atomic mass is 16.4. The average Bonchev–Trinajstić information content (AvgIpc) is 3.41. The topological polar surface area (TPSA) is 137 Å². The molecule has 3 N–H and O–H groups in total. The van der Waals surface area contributed by atoms with Gasteiger partial charge in [-0.3, -0.25) is 34.4 Å². The van der Waals surface area contributed by atoms with E-state index in [2.05, 4.69) is 10.3 Å². The molecular weight excluding hydrogens is 498 g/mol. The number of nitrogens with zero attached hydrogens (tertiary/aromatic N) is 2. The Morgan fingerprint density at radius 1 is 0.897 bits per heavy atom. The van der Waals surface area contributed by atoms with Gasteiger partial charge < -0.3 is 10.2 Å². The van der Waals surface area contributed by atoms with Gasteiger partial charge in [-0.1, -0.05) is 72.8 Å². The highest BCUT2D eigenvalue weighted by Crippen LogP contribution is 2.50. The van der Waals surface area contributed by atoms with Gasteiger partial charge in [0.05, 0.1) is 18.3 Å². The SMILES string of the molecule is O=C(O)CC1(C(=O)O)NC(c2ccc(C=Cc3ccccc3)cc2)C2C(=O)N(CCc3ccccn3)C(=O)C21. The Bertz CT molecular complexity index is 1420. The number of fused-ring (bicyclic) bond motifs is 1. The number of amides is 2. The Balaban J connectivity index is 1.45. The summed E-state index contributed by atoms with van der Waals surface area (Å²) in [4.78, 5) is 56.8. The van der Waals surface area contributed by atoms with Crippen molar-refractivity contribution in [2.24, 2.45) is 11.8 Å². The Kier molecular flexibility index (Phi) is 7.08. The molecule has 9 nitrogen and oxygen atoms in total. The molecule has 2 aromatic carbocycles. The number of carboxylic acids is 2. The second-order valence-corrected chi connectivity index (χ2v) is 9.78. The molecule has 2 fully saturated rings. The summed E-state index contributed by atoms with van der Waals surface area (Å²) in [5.41, 5.74) is 1.07. The number of hydrogen-bond acceptors (Lipinski definition) is 6. The van der Waals surface area contributed by atoms with Crippen LogP contribution in [0, 0.1) is 11.8 Å². The van der Waals surface area contributed by atoms with Gasteiger partial charge in [0.1, 0.15) is 5.54 Å². The van der Waals surface area contributed by atoms with Crippen LogP contribution in [0.4, 0.5) is 0 Å². The van der Waals surface area contributed by atoms with E-state index < -0.39 is 53.6 Å². The minimum absolute atomic E-state index is 0.0282. The van der Waals surface area contributed by atoms with Gasteiger partial charge in [-0.05, 0) is 28.8 Å². The maximum absolute atomic E-state index is 13.6. The number of rotatable bonds is 9. The smallest absolute Gasteiger partial charge is 0.325 e. The van der Waals surface area contributed by atoms with Crippen LogP contribution in [0.5, 0.6) is 0 Å². The molecule has 4 unspecified atom stereocenters. The Hall–Kier alpha value is -4.63.